The number of para-hydroxylation sites is 1. The molecule has 0 aliphatic carbocycles. The average Bonchev–Trinajstić information content (AvgIpc) is 3.04. The van der Waals surface area contributed by atoms with Crippen LogP contribution in [0.2, 0.25) is 0 Å². The van der Waals surface area contributed by atoms with Crippen molar-refractivity contribution in [3.05, 3.63) is 114 Å². The maximum Gasteiger partial charge on any atom is 0.254 e. The van der Waals surface area contributed by atoms with Gasteiger partial charge in [0, 0.05) is 59.1 Å². The van der Waals surface area contributed by atoms with E-state index in [0.717, 1.165) is 63.2 Å². The van der Waals surface area contributed by atoms with Crippen LogP contribution < -0.4 is 9.64 Å². The largest absolute Gasteiger partial charge is 0.495 e. The zero-order chi connectivity index (χ0) is 29.2. The molecule has 1 aromatic heterocycles. The number of carbonyl (C=O) groups is 1. The van der Waals surface area contributed by atoms with Gasteiger partial charge >= 0.3 is 0 Å². The number of anilines is 1. The number of carbonyl (C=O) groups excluding carboxylic acids is 1. The van der Waals surface area contributed by atoms with Gasteiger partial charge in [0.2, 0.25) is 0 Å². The summed E-state index contributed by atoms with van der Waals surface area (Å²) in [4.78, 5) is 22.5. The Morgan fingerprint density at radius 2 is 1.48 bits per heavy atom. The lowest BCUT2D eigenvalue weighted by Gasteiger charge is -2.45. The molecule has 5 aromatic rings. The van der Waals surface area contributed by atoms with Gasteiger partial charge in [-0.2, -0.15) is 5.26 Å². The number of ether oxygens (including phenoxy) is 1. The first-order valence-corrected chi connectivity index (χ1v) is 14.2. The molecule has 42 heavy (non-hydrogen) atoms. The molecule has 6 nitrogen and oxygen atoms in total. The van der Waals surface area contributed by atoms with Gasteiger partial charge in [0.15, 0.2) is 0 Å². The third-order valence-electron chi connectivity index (χ3n) is 8.09. The Labute approximate surface area is 246 Å². The van der Waals surface area contributed by atoms with E-state index < -0.39 is 0 Å². The number of rotatable bonds is 5. The molecule has 0 saturated carbocycles. The van der Waals surface area contributed by atoms with Crippen LogP contribution in [0.3, 0.4) is 0 Å². The van der Waals surface area contributed by atoms with E-state index in [9.17, 15) is 4.79 Å². The smallest absolute Gasteiger partial charge is 0.254 e. The predicted octanol–water partition coefficient (Wildman–Crippen LogP) is 7.19. The Morgan fingerprint density at radius 1 is 0.833 bits per heavy atom. The number of amides is 1. The van der Waals surface area contributed by atoms with Gasteiger partial charge in [-0.1, -0.05) is 54.6 Å². The second-order valence-electron chi connectivity index (χ2n) is 10.8. The van der Waals surface area contributed by atoms with E-state index in [0.29, 0.717) is 5.56 Å². The van der Waals surface area contributed by atoms with Gasteiger partial charge in [0.1, 0.15) is 5.75 Å². The molecule has 1 aliphatic heterocycles. The monoisotopic (exact) mass is 552 g/mol. The van der Waals surface area contributed by atoms with Gasteiger partial charge in [-0.15, -0.1) is 0 Å². The van der Waals surface area contributed by atoms with Crippen LogP contribution in [0.1, 0.15) is 29.8 Å². The minimum Gasteiger partial charge on any atom is -0.495 e. The van der Waals surface area contributed by atoms with Crippen molar-refractivity contribution in [3.63, 3.8) is 0 Å². The molecule has 1 amide bonds. The number of benzene rings is 4. The Balaban J connectivity index is 1.26. The van der Waals surface area contributed by atoms with Gasteiger partial charge in [-0.3, -0.25) is 9.78 Å². The van der Waals surface area contributed by atoms with Gasteiger partial charge in [-0.05, 0) is 67.4 Å². The molecule has 1 fully saturated rings. The number of aromatic nitrogens is 1. The predicted molar refractivity (Wildman–Crippen MR) is 168 cm³/mol. The maximum absolute atomic E-state index is 13.2. The lowest BCUT2D eigenvalue weighted by molar-refractivity contribution is 0.0574. The first kappa shape index (κ1) is 27.0. The standard InChI is InChI=1S/C36H32N4O2/c1-24-22-39(23-25(2)40(24)36(41)29-8-5-4-6-9-29)30-18-16-28(17-19-30)33-21-38-34-31(10-7-11-32(34)35(33)42-3)27-14-12-26(20-37)13-15-27/h4-19,21,24-25H,22-23H2,1-3H3. The number of hydrogen-bond acceptors (Lipinski definition) is 5. The van der Waals surface area contributed by atoms with Crippen LogP contribution in [-0.4, -0.2) is 48.1 Å². The Bertz CT molecular complexity index is 1760. The summed E-state index contributed by atoms with van der Waals surface area (Å²) in [5.41, 5.74) is 7.27. The SMILES string of the molecule is COc1c(-c2ccc(N3CC(C)N(C(=O)c4ccccc4)C(C)C3)cc2)cnc2c(-c3ccc(C#N)cc3)cccc12. The van der Waals surface area contributed by atoms with Crippen molar-refractivity contribution in [2.24, 2.45) is 0 Å². The van der Waals surface area contributed by atoms with Crippen molar-refractivity contribution in [3.8, 4) is 34.1 Å². The molecular formula is C36H32N4O2. The number of fused-ring (bicyclic) bond motifs is 1. The second kappa shape index (κ2) is 11.4. The Kier molecular flexibility index (Phi) is 7.33. The van der Waals surface area contributed by atoms with Gasteiger partial charge in [0.05, 0.1) is 24.3 Å². The lowest BCUT2D eigenvalue weighted by atomic mass is 9.97. The summed E-state index contributed by atoms with van der Waals surface area (Å²) in [5.74, 6) is 0.863. The molecule has 1 aliphatic rings. The van der Waals surface area contributed by atoms with Crippen LogP contribution in [0.5, 0.6) is 5.75 Å². The average molecular weight is 553 g/mol. The summed E-state index contributed by atoms with van der Waals surface area (Å²) in [7, 11) is 1.69. The highest BCUT2D eigenvalue weighted by atomic mass is 16.5. The fourth-order valence-electron chi connectivity index (χ4n) is 6.10. The van der Waals surface area contributed by atoms with Crippen LogP contribution in [0.15, 0.2) is 103 Å². The number of nitrogens with zero attached hydrogens (tertiary/aromatic N) is 4. The molecule has 2 unspecified atom stereocenters. The summed E-state index contributed by atoms with van der Waals surface area (Å²) < 4.78 is 5.95. The summed E-state index contributed by atoms with van der Waals surface area (Å²) in [5, 5.41) is 10.1. The number of nitriles is 1. The van der Waals surface area contributed by atoms with Crippen LogP contribution in [-0.2, 0) is 0 Å². The van der Waals surface area contributed by atoms with Crippen molar-refractivity contribution in [2.75, 3.05) is 25.1 Å². The molecule has 6 rings (SSSR count). The molecule has 0 bridgehead atoms. The molecule has 0 N–H and O–H groups in total. The van der Waals surface area contributed by atoms with Crippen molar-refractivity contribution >= 4 is 22.5 Å². The summed E-state index contributed by atoms with van der Waals surface area (Å²) >= 11 is 0. The minimum atomic E-state index is 0.0798. The van der Waals surface area contributed by atoms with E-state index in [1.54, 1.807) is 7.11 Å². The number of piperazine rings is 1. The Hall–Kier alpha value is -5.15. The normalized spacial score (nSPS) is 16.7. The molecule has 2 atom stereocenters. The Morgan fingerprint density at radius 3 is 2.12 bits per heavy atom. The number of hydrogen-bond donors (Lipinski definition) is 0. The molecule has 1 saturated heterocycles. The second-order valence-corrected chi connectivity index (χ2v) is 10.8. The fourth-order valence-corrected chi connectivity index (χ4v) is 6.10. The zero-order valence-electron chi connectivity index (χ0n) is 24.0. The first-order chi connectivity index (χ1) is 20.5. The lowest BCUT2D eigenvalue weighted by Crippen LogP contribution is -2.58. The van der Waals surface area contributed by atoms with Gasteiger partial charge in [-0.25, -0.2) is 0 Å². The van der Waals surface area contributed by atoms with Crippen LogP contribution in [0.25, 0.3) is 33.2 Å². The molecule has 4 aromatic carbocycles. The van der Waals surface area contributed by atoms with E-state index in [-0.39, 0.29) is 18.0 Å². The highest BCUT2D eigenvalue weighted by Gasteiger charge is 2.33. The van der Waals surface area contributed by atoms with Crippen molar-refractivity contribution in [1.29, 1.82) is 5.26 Å². The summed E-state index contributed by atoms with van der Waals surface area (Å²) in [6.07, 6.45) is 1.88. The van der Waals surface area contributed by atoms with Crippen molar-refractivity contribution < 1.29 is 9.53 Å². The van der Waals surface area contributed by atoms with E-state index in [2.05, 4.69) is 49.1 Å². The topological polar surface area (TPSA) is 69.5 Å². The van der Waals surface area contributed by atoms with Crippen LogP contribution >= 0.6 is 0 Å². The fraction of sp³-hybridized carbons (Fsp3) is 0.194. The van der Waals surface area contributed by atoms with Gasteiger partial charge in [0.25, 0.3) is 5.91 Å². The maximum atomic E-state index is 13.2. The molecule has 0 radical (unpaired) electrons. The highest BCUT2D eigenvalue weighted by molar-refractivity contribution is 6.00. The summed E-state index contributed by atoms with van der Waals surface area (Å²) in [6, 6.07) is 34.0. The third kappa shape index (κ3) is 4.95. The van der Waals surface area contributed by atoms with Crippen LogP contribution in [0.4, 0.5) is 5.69 Å². The van der Waals surface area contributed by atoms with Crippen molar-refractivity contribution in [2.45, 2.75) is 25.9 Å². The molecule has 2 heterocycles. The molecule has 6 heteroatoms. The zero-order valence-corrected chi connectivity index (χ0v) is 24.0. The third-order valence-corrected chi connectivity index (χ3v) is 8.09. The van der Waals surface area contributed by atoms with Crippen LogP contribution in [0, 0.1) is 11.3 Å². The van der Waals surface area contributed by atoms with E-state index in [1.165, 1.54) is 0 Å². The number of pyridine rings is 1. The van der Waals surface area contributed by atoms with Crippen molar-refractivity contribution in [1.82, 2.24) is 9.88 Å². The van der Waals surface area contributed by atoms with E-state index in [1.807, 2.05) is 83.9 Å². The number of methoxy groups -OCH3 is 1. The summed E-state index contributed by atoms with van der Waals surface area (Å²) in [6.45, 7) is 5.77. The van der Waals surface area contributed by atoms with E-state index in [4.69, 9.17) is 15.0 Å². The molecular weight excluding hydrogens is 520 g/mol. The quantitative estimate of drug-likeness (QED) is 0.231. The molecule has 0 spiro atoms. The minimum absolute atomic E-state index is 0.0798. The van der Waals surface area contributed by atoms with E-state index >= 15 is 0 Å². The highest BCUT2D eigenvalue weighted by Crippen LogP contribution is 2.39. The first-order valence-electron chi connectivity index (χ1n) is 14.2. The van der Waals surface area contributed by atoms with Gasteiger partial charge < -0.3 is 14.5 Å². The molecule has 208 valence electrons.